The molecule has 1 radical (unpaired) electrons. The van der Waals surface area contributed by atoms with Crippen molar-refractivity contribution in [1.29, 1.82) is 0 Å². The lowest BCUT2D eigenvalue weighted by atomic mass is 10.2. The normalized spacial score (nSPS) is 9.12. The van der Waals surface area contributed by atoms with Gasteiger partial charge in [-0.25, -0.2) is 0 Å². The van der Waals surface area contributed by atoms with E-state index in [1.165, 1.54) is 5.56 Å². The summed E-state index contributed by atoms with van der Waals surface area (Å²) in [7, 11) is 0. The van der Waals surface area contributed by atoms with E-state index in [1.807, 2.05) is 31.7 Å². The lowest BCUT2D eigenvalue weighted by molar-refractivity contribution is 1.27. The van der Waals surface area contributed by atoms with Crippen molar-refractivity contribution in [2.75, 3.05) is 0 Å². The third-order valence-corrected chi connectivity index (χ3v) is 1.02. The maximum absolute atomic E-state index is 3.92. The molecule has 41 valence electrons. The summed E-state index contributed by atoms with van der Waals surface area (Å²) in [6.45, 7) is 2.00. The Balaban J connectivity index is 2.83. The third-order valence-electron chi connectivity index (χ3n) is 1.02. The fourth-order valence-electron chi connectivity index (χ4n) is 0.547. The second-order valence-corrected chi connectivity index (χ2v) is 1.58. The molecule has 1 aromatic heterocycles. The standard InChI is InChI=1S/C7H8N/c1-2-7-4-3-5-8-6-7/h2-6H,1H3. The zero-order valence-electron chi connectivity index (χ0n) is 4.83. The molecule has 0 fully saturated rings. The van der Waals surface area contributed by atoms with Crippen molar-refractivity contribution in [3.05, 3.63) is 36.5 Å². The van der Waals surface area contributed by atoms with Crippen LogP contribution in [0.2, 0.25) is 0 Å². The molecule has 0 aliphatic carbocycles. The topological polar surface area (TPSA) is 12.9 Å². The molecular weight excluding hydrogens is 98.1 g/mol. The van der Waals surface area contributed by atoms with Crippen LogP contribution in [-0.4, -0.2) is 4.98 Å². The van der Waals surface area contributed by atoms with Gasteiger partial charge in [-0.3, -0.25) is 4.98 Å². The van der Waals surface area contributed by atoms with Crippen molar-refractivity contribution in [3.8, 4) is 0 Å². The molecule has 0 bridgehead atoms. The predicted octanol–water partition coefficient (Wildman–Crippen LogP) is 1.65. The molecule has 0 spiro atoms. The maximum atomic E-state index is 3.92. The average molecular weight is 106 g/mol. The van der Waals surface area contributed by atoms with E-state index >= 15 is 0 Å². The highest BCUT2D eigenvalue weighted by Crippen LogP contribution is 1.96. The number of aromatic nitrogens is 1. The van der Waals surface area contributed by atoms with Crippen molar-refractivity contribution < 1.29 is 0 Å². The Morgan fingerprint density at radius 1 is 1.62 bits per heavy atom. The van der Waals surface area contributed by atoms with Crippen LogP contribution >= 0.6 is 0 Å². The minimum Gasteiger partial charge on any atom is -0.264 e. The minimum absolute atomic E-state index is 1.17. The van der Waals surface area contributed by atoms with Crippen molar-refractivity contribution in [2.45, 2.75) is 6.92 Å². The largest absolute Gasteiger partial charge is 0.264 e. The number of pyridine rings is 1. The summed E-state index contributed by atoms with van der Waals surface area (Å²) in [5, 5.41) is 0. The van der Waals surface area contributed by atoms with E-state index in [-0.39, 0.29) is 0 Å². The SMILES string of the molecule is C[CH]c1cccnc1. The number of hydrogen-bond acceptors (Lipinski definition) is 1. The molecule has 0 amide bonds. The van der Waals surface area contributed by atoms with Gasteiger partial charge in [0.05, 0.1) is 0 Å². The quantitative estimate of drug-likeness (QED) is 0.530. The van der Waals surface area contributed by atoms with Gasteiger partial charge in [-0.15, -0.1) is 0 Å². The van der Waals surface area contributed by atoms with E-state index in [9.17, 15) is 0 Å². The summed E-state index contributed by atoms with van der Waals surface area (Å²) in [5.74, 6) is 0. The molecule has 0 aliphatic heterocycles. The molecule has 0 saturated heterocycles. The van der Waals surface area contributed by atoms with E-state index in [4.69, 9.17) is 0 Å². The summed E-state index contributed by atoms with van der Waals surface area (Å²) in [5.41, 5.74) is 1.17. The summed E-state index contributed by atoms with van der Waals surface area (Å²) in [6, 6.07) is 3.95. The molecule has 8 heavy (non-hydrogen) atoms. The molecule has 1 aromatic rings. The molecule has 1 heteroatoms. The summed E-state index contributed by atoms with van der Waals surface area (Å²) in [6.07, 6.45) is 5.62. The highest BCUT2D eigenvalue weighted by molar-refractivity contribution is 5.15. The van der Waals surface area contributed by atoms with Gasteiger partial charge in [0.25, 0.3) is 0 Å². The van der Waals surface area contributed by atoms with Crippen LogP contribution in [-0.2, 0) is 0 Å². The second kappa shape index (κ2) is 2.46. The van der Waals surface area contributed by atoms with Gasteiger partial charge in [-0.2, -0.15) is 0 Å². The highest BCUT2D eigenvalue weighted by atomic mass is 14.6. The molecule has 1 rings (SSSR count). The first kappa shape index (κ1) is 5.29. The van der Waals surface area contributed by atoms with E-state index in [1.54, 1.807) is 6.20 Å². The van der Waals surface area contributed by atoms with Gasteiger partial charge in [0.2, 0.25) is 0 Å². The van der Waals surface area contributed by atoms with Crippen molar-refractivity contribution in [2.24, 2.45) is 0 Å². The summed E-state index contributed by atoms with van der Waals surface area (Å²) in [4.78, 5) is 3.92. The predicted molar refractivity (Wildman–Crippen MR) is 33.3 cm³/mol. The van der Waals surface area contributed by atoms with Crippen molar-refractivity contribution >= 4 is 0 Å². The van der Waals surface area contributed by atoms with Crippen LogP contribution in [0.3, 0.4) is 0 Å². The minimum atomic E-state index is 1.17. The van der Waals surface area contributed by atoms with Crippen LogP contribution < -0.4 is 0 Å². The second-order valence-electron chi connectivity index (χ2n) is 1.58. The Bertz CT molecular complexity index is 146. The monoisotopic (exact) mass is 106 g/mol. The lowest BCUT2D eigenvalue weighted by Gasteiger charge is -1.88. The molecular formula is C7H8N. The molecule has 0 unspecified atom stereocenters. The summed E-state index contributed by atoms with van der Waals surface area (Å²) < 4.78 is 0. The molecule has 0 saturated carbocycles. The molecule has 0 aliphatic rings. The average Bonchev–Trinajstić information content (AvgIpc) is 1.90. The van der Waals surface area contributed by atoms with Crippen molar-refractivity contribution in [3.63, 3.8) is 0 Å². The summed E-state index contributed by atoms with van der Waals surface area (Å²) >= 11 is 0. The maximum Gasteiger partial charge on any atom is 0.0302 e. The van der Waals surface area contributed by atoms with E-state index < -0.39 is 0 Å². The molecule has 0 atom stereocenters. The van der Waals surface area contributed by atoms with Crippen LogP contribution in [0.15, 0.2) is 24.5 Å². The Morgan fingerprint density at radius 2 is 2.50 bits per heavy atom. The van der Waals surface area contributed by atoms with Gasteiger partial charge >= 0.3 is 0 Å². The van der Waals surface area contributed by atoms with Crippen molar-refractivity contribution in [1.82, 2.24) is 4.98 Å². The molecule has 1 nitrogen and oxygen atoms in total. The number of rotatable bonds is 1. The van der Waals surface area contributed by atoms with Gasteiger partial charge < -0.3 is 0 Å². The zero-order chi connectivity index (χ0) is 5.82. The highest BCUT2D eigenvalue weighted by Gasteiger charge is 1.81. The van der Waals surface area contributed by atoms with Gasteiger partial charge in [0.15, 0.2) is 0 Å². The lowest BCUT2D eigenvalue weighted by Crippen LogP contribution is -1.75. The third kappa shape index (κ3) is 1.06. The van der Waals surface area contributed by atoms with Crippen LogP contribution in [0.1, 0.15) is 12.5 Å². The van der Waals surface area contributed by atoms with Gasteiger partial charge in [0.1, 0.15) is 0 Å². The van der Waals surface area contributed by atoms with Crippen LogP contribution in [0.5, 0.6) is 0 Å². The van der Waals surface area contributed by atoms with Gasteiger partial charge in [-0.1, -0.05) is 13.0 Å². The Morgan fingerprint density at radius 3 is 2.88 bits per heavy atom. The van der Waals surface area contributed by atoms with Crippen LogP contribution in [0, 0.1) is 6.42 Å². The Labute approximate surface area is 49.4 Å². The zero-order valence-corrected chi connectivity index (χ0v) is 4.83. The van der Waals surface area contributed by atoms with E-state index in [2.05, 4.69) is 4.98 Å². The van der Waals surface area contributed by atoms with E-state index in [0.29, 0.717) is 0 Å². The van der Waals surface area contributed by atoms with Crippen LogP contribution in [0.4, 0.5) is 0 Å². The number of hydrogen-bond donors (Lipinski definition) is 0. The molecule has 0 N–H and O–H groups in total. The molecule has 1 heterocycles. The number of nitrogens with zero attached hydrogens (tertiary/aromatic N) is 1. The fraction of sp³-hybridized carbons (Fsp3) is 0.143. The first-order chi connectivity index (χ1) is 3.93. The van der Waals surface area contributed by atoms with Gasteiger partial charge in [-0.05, 0) is 18.1 Å². The fourth-order valence-corrected chi connectivity index (χ4v) is 0.547. The molecule has 0 aromatic carbocycles. The van der Waals surface area contributed by atoms with Crippen LogP contribution in [0.25, 0.3) is 0 Å². The van der Waals surface area contributed by atoms with E-state index in [0.717, 1.165) is 0 Å². The smallest absolute Gasteiger partial charge is 0.0302 e. The first-order valence-electron chi connectivity index (χ1n) is 2.63. The first-order valence-corrected chi connectivity index (χ1v) is 2.63. The van der Waals surface area contributed by atoms with Gasteiger partial charge in [0, 0.05) is 12.4 Å². The Kier molecular flexibility index (Phi) is 1.62. The Hall–Kier alpha value is -0.850.